The number of pyridine rings is 1. The Bertz CT molecular complexity index is 950. The largest absolute Gasteiger partial charge is 0.467 e. The SMILES string of the molecule is COc1ncc(-c2cnc(OC(N)=O)c([C@H]3CC[C@H](NC(=O)OC(C)(C)C)CC3)c2)cn1. The van der Waals surface area contributed by atoms with Gasteiger partial charge in [0, 0.05) is 41.3 Å². The van der Waals surface area contributed by atoms with Crippen LogP contribution < -0.4 is 20.5 Å². The number of nitrogens with zero attached hydrogens (tertiary/aromatic N) is 3. The molecule has 0 spiro atoms. The summed E-state index contributed by atoms with van der Waals surface area (Å²) in [6.07, 6.45) is 6.61. The monoisotopic (exact) mass is 443 g/mol. The van der Waals surface area contributed by atoms with E-state index in [2.05, 4.69) is 20.3 Å². The number of ether oxygens (including phenoxy) is 3. The number of primary amides is 1. The molecule has 2 amide bonds. The summed E-state index contributed by atoms with van der Waals surface area (Å²) in [7, 11) is 1.50. The first kappa shape index (κ1) is 23.2. The second-order valence-corrected chi connectivity index (χ2v) is 8.69. The van der Waals surface area contributed by atoms with Crippen molar-refractivity contribution in [3.05, 3.63) is 30.2 Å². The highest BCUT2D eigenvalue weighted by molar-refractivity contribution is 5.69. The Balaban J connectivity index is 1.75. The highest BCUT2D eigenvalue weighted by atomic mass is 16.6. The van der Waals surface area contributed by atoms with Gasteiger partial charge in [-0.2, -0.15) is 0 Å². The molecule has 32 heavy (non-hydrogen) atoms. The van der Waals surface area contributed by atoms with Crippen molar-refractivity contribution in [3.8, 4) is 23.0 Å². The highest BCUT2D eigenvalue weighted by Gasteiger charge is 2.28. The van der Waals surface area contributed by atoms with Crippen LogP contribution in [0.15, 0.2) is 24.7 Å². The van der Waals surface area contributed by atoms with E-state index in [1.807, 2.05) is 26.8 Å². The lowest BCUT2D eigenvalue weighted by atomic mass is 9.81. The fraction of sp³-hybridized carbons (Fsp3) is 0.500. The number of nitrogens with one attached hydrogen (secondary N) is 1. The first-order chi connectivity index (χ1) is 15.1. The fourth-order valence-electron chi connectivity index (χ4n) is 3.69. The molecule has 0 unspecified atom stereocenters. The number of methoxy groups -OCH3 is 1. The summed E-state index contributed by atoms with van der Waals surface area (Å²) in [5.41, 5.74) is 7.02. The molecule has 1 aliphatic carbocycles. The normalized spacial score (nSPS) is 18.5. The van der Waals surface area contributed by atoms with Gasteiger partial charge in [-0.3, -0.25) is 0 Å². The van der Waals surface area contributed by atoms with Crippen molar-refractivity contribution < 1.29 is 23.8 Å². The van der Waals surface area contributed by atoms with Crippen LogP contribution in [0.5, 0.6) is 11.9 Å². The van der Waals surface area contributed by atoms with Crippen LogP contribution in [-0.4, -0.2) is 45.9 Å². The average molecular weight is 444 g/mol. The average Bonchev–Trinajstić information content (AvgIpc) is 2.73. The summed E-state index contributed by atoms with van der Waals surface area (Å²) in [5.74, 6) is 0.284. The molecular weight excluding hydrogens is 414 g/mol. The molecule has 10 heteroatoms. The van der Waals surface area contributed by atoms with Gasteiger partial charge in [-0.05, 0) is 58.4 Å². The van der Waals surface area contributed by atoms with Crippen LogP contribution in [-0.2, 0) is 4.74 Å². The molecule has 0 saturated heterocycles. The van der Waals surface area contributed by atoms with E-state index < -0.39 is 17.8 Å². The zero-order chi connectivity index (χ0) is 23.3. The van der Waals surface area contributed by atoms with E-state index in [1.54, 1.807) is 18.6 Å². The van der Waals surface area contributed by atoms with Crippen LogP contribution in [0.1, 0.15) is 57.9 Å². The predicted molar refractivity (Wildman–Crippen MR) is 116 cm³/mol. The molecule has 0 bridgehead atoms. The first-order valence-electron chi connectivity index (χ1n) is 10.5. The standard InChI is InChI=1S/C22H29N5O5/c1-22(2,3)32-21(29)27-16-7-5-13(6-8-16)17-9-14(10-24-18(17)31-19(23)28)15-11-25-20(30-4)26-12-15/h9-13,16H,5-8H2,1-4H3,(H2,23,28)(H,27,29)/t13-,16-. The van der Waals surface area contributed by atoms with E-state index in [0.29, 0.717) is 0 Å². The molecule has 1 fully saturated rings. The third-order valence-electron chi connectivity index (χ3n) is 5.11. The minimum Gasteiger partial charge on any atom is -0.467 e. The van der Waals surface area contributed by atoms with Gasteiger partial charge in [0.25, 0.3) is 0 Å². The van der Waals surface area contributed by atoms with Gasteiger partial charge < -0.3 is 25.3 Å². The first-order valence-corrected chi connectivity index (χ1v) is 10.5. The molecule has 1 saturated carbocycles. The quantitative estimate of drug-likeness (QED) is 0.715. The summed E-state index contributed by atoms with van der Waals surface area (Å²) in [5, 5.41) is 2.93. The van der Waals surface area contributed by atoms with Crippen molar-refractivity contribution in [2.75, 3.05) is 7.11 Å². The number of aromatic nitrogens is 3. The van der Waals surface area contributed by atoms with Crippen molar-refractivity contribution in [3.63, 3.8) is 0 Å². The Morgan fingerprint density at radius 3 is 2.22 bits per heavy atom. The lowest BCUT2D eigenvalue weighted by Gasteiger charge is -2.30. The van der Waals surface area contributed by atoms with Gasteiger partial charge in [0.15, 0.2) is 0 Å². The molecule has 2 aromatic rings. The van der Waals surface area contributed by atoms with Gasteiger partial charge in [-0.15, -0.1) is 0 Å². The molecule has 0 aromatic carbocycles. The van der Waals surface area contributed by atoms with Crippen LogP contribution in [0, 0.1) is 0 Å². The number of alkyl carbamates (subject to hydrolysis) is 1. The van der Waals surface area contributed by atoms with Crippen LogP contribution in [0.4, 0.5) is 9.59 Å². The van der Waals surface area contributed by atoms with Crippen molar-refractivity contribution in [2.24, 2.45) is 5.73 Å². The van der Waals surface area contributed by atoms with Crippen LogP contribution in [0.2, 0.25) is 0 Å². The molecule has 172 valence electrons. The smallest absolute Gasteiger partial charge is 0.411 e. The highest BCUT2D eigenvalue weighted by Crippen LogP contribution is 2.38. The van der Waals surface area contributed by atoms with Gasteiger partial charge >= 0.3 is 18.2 Å². The summed E-state index contributed by atoms with van der Waals surface area (Å²) in [4.78, 5) is 36.0. The molecule has 2 heterocycles. The lowest BCUT2D eigenvalue weighted by Crippen LogP contribution is -2.40. The van der Waals surface area contributed by atoms with Crippen molar-refractivity contribution in [1.29, 1.82) is 0 Å². The van der Waals surface area contributed by atoms with Gasteiger partial charge in [-0.25, -0.2) is 24.5 Å². The molecule has 0 aliphatic heterocycles. The molecule has 2 aromatic heterocycles. The molecule has 10 nitrogen and oxygen atoms in total. The second kappa shape index (κ2) is 9.80. The fourth-order valence-corrected chi connectivity index (χ4v) is 3.69. The lowest BCUT2D eigenvalue weighted by molar-refractivity contribution is 0.0491. The van der Waals surface area contributed by atoms with Gasteiger partial charge in [0.1, 0.15) is 5.60 Å². The summed E-state index contributed by atoms with van der Waals surface area (Å²) >= 11 is 0. The Labute approximate surface area is 186 Å². The van der Waals surface area contributed by atoms with E-state index in [9.17, 15) is 9.59 Å². The van der Waals surface area contributed by atoms with E-state index in [4.69, 9.17) is 19.9 Å². The molecular formula is C22H29N5O5. The molecule has 3 rings (SSSR count). The summed E-state index contributed by atoms with van der Waals surface area (Å²) in [6, 6.07) is 2.21. The third-order valence-corrected chi connectivity index (χ3v) is 5.11. The van der Waals surface area contributed by atoms with E-state index in [0.717, 1.165) is 42.4 Å². The van der Waals surface area contributed by atoms with Gasteiger partial charge in [0.05, 0.1) is 7.11 Å². The minimum atomic E-state index is -0.917. The summed E-state index contributed by atoms with van der Waals surface area (Å²) in [6.45, 7) is 5.49. The predicted octanol–water partition coefficient (Wildman–Crippen LogP) is 3.56. The number of hydrogen-bond donors (Lipinski definition) is 2. The van der Waals surface area contributed by atoms with E-state index in [-0.39, 0.29) is 23.9 Å². The molecule has 0 radical (unpaired) electrons. The maximum absolute atomic E-state index is 12.1. The Hall–Kier alpha value is -3.43. The number of amides is 2. The topological polar surface area (TPSA) is 139 Å². The zero-order valence-electron chi connectivity index (χ0n) is 18.8. The maximum Gasteiger partial charge on any atom is 0.411 e. The van der Waals surface area contributed by atoms with Crippen LogP contribution in [0.3, 0.4) is 0 Å². The number of nitrogens with two attached hydrogens (primary N) is 1. The Kier molecular flexibility index (Phi) is 7.12. The van der Waals surface area contributed by atoms with E-state index >= 15 is 0 Å². The Morgan fingerprint density at radius 2 is 1.66 bits per heavy atom. The van der Waals surface area contributed by atoms with Gasteiger partial charge in [-0.1, -0.05) is 0 Å². The summed E-state index contributed by atoms with van der Waals surface area (Å²) < 4.78 is 15.5. The van der Waals surface area contributed by atoms with Crippen LogP contribution in [0.25, 0.3) is 11.1 Å². The second-order valence-electron chi connectivity index (χ2n) is 8.69. The zero-order valence-corrected chi connectivity index (χ0v) is 18.8. The van der Waals surface area contributed by atoms with Crippen molar-refractivity contribution in [1.82, 2.24) is 20.3 Å². The van der Waals surface area contributed by atoms with Gasteiger partial charge in [0.2, 0.25) is 5.88 Å². The number of carbonyl (C=O) groups excluding carboxylic acids is 2. The van der Waals surface area contributed by atoms with Crippen molar-refractivity contribution >= 4 is 12.2 Å². The maximum atomic E-state index is 12.1. The molecule has 1 aliphatic rings. The number of hydrogen-bond acceptors (Lipinski definition) is 8. The molecule has 0 atom stereocenters. The third kappa shape index (κ3) is 6.29. The minimum absolute atomic E-state index is 0.0211. The number of carbonyl (C=O) groups is 2. The van der Waals surface area contributed by atoms with E-state index in [1.165, 1.54) is 7.11 Å². The molecule has 3 N–H and O–H groups in total. The Morgan fingerprint density at radius 1 is 1.03 bits per heavy atom. The number of rotatable bonds is 5. The van der Waals surface area contributed by atoms with Crippen LogP contribution >= 0.6 is 0 Å². The van der Waals surface area contributed by atoms with Crippen molar-refractivity contribution in [2.45, 2.75) is 64.0 Å².